The standard InChI is InChI=1S/C13H11BrClN3O/c1-7-5-10(8(2)18-17-7)13(19)16-12-6-9(15)3-4-11(12)14/h3-6H,1-2H3,(H,16,19). The van der Waals surface area contributed by atoms with Crippen LogP contribution in [0.15, 0.2) is 28.7 Å². The van der Waals surface area contributed by atoms with E-state index < -0.39 is 0 Å². The van der Waals surface area contributed by atoms with E-state index in [1.165, 1.54) is 0 Å². The minimum Gasteiger partial charge on any atom is -0.321 e. The summed E-state index contributed by atoms with van der Waals surface area (Å²) in [5.74, 6) is -0.238. The van der Waals surface area contributed by atoms with Gasteiger partial charge in [0.1, 0.15) is 0 Å². The van der Waals surface area contributed by atoms with Gasteiger partial charge in [-0.1, -0.05) is 11.6 Å². The number of rotatable bonds is 2. The number of aryl methyl sites for hydroxylation is 2. The molecule has 0 fully saturated rings. The first-order chi connectivity index (χ1) is 8.97. The van der Waals surface area contributed by atoms with Gasteiger partial charge in [-0.15, -0.1) is 0 Å². The summed E-state index contributed by atoms with van der Waals surface area (Å²) in [5, 5.41) is 11.2. The molecule has 4 nitrogen and oxygen atoms in total. The molecular weight excluding hydrogens is 330 g/mol. The van der Waals surface area contributed by atoms with Crippen molar-refractivity contribution in [1.82, 2.24) is 10.2 Å². The molecule has 1 aromatic heterocycles. The van der Waals surface area contributed by atoms with Gasteiger partial charge in [0.25, 0.3) is 5.91 Å². The van der Waals surface area contributed by atoms with Gasteiger partial charge in [-0.3, -0.25) is 4.79 Å². The maximum atomic E-state index is 12.2. The first-order valence-electron chi connectivity index (χ1n) is 5.54. The summed E-state index contributed by atoms with van der Waals surface area (Å²) in [4.78, 5) is 12.2. The summed E-state index contributed by atoms with van der Waals surface area (Å²) in [6, 6.07) is 6.90. The fourth-order valence-corrected chi connectivity index (χ4v) is 2.08. The molecule has 1 N–H and O–H groups in total. The van der Waals surface area contributed by atoms with Crippen molar-refractivity contribution in [3.8, 4) is 0 Å². The molecule has 0 spiro atoms. The van der Waals surface area contributed by atoms with E-state index in [-0.39, 0.29) is 5.91 Å². The van der Waals surface area contributed by atoms with Crippen molar-refractivity contribution in [1.29, 1.82) is 0 Å². The van der Waals surface area contributed by atoms with E-state index >= 15 is 0 Å². The molecule has 0 atom stereocenters. The van der Waals surface area contributed by atoms with Crippen LogP contribution in [0, 0.1) is 13.8 Å². The van der Waals surface area contributed by atoms with E-state index in [2.05, 4.69) is 31.4 Å². The molecule has 19 heavy (non-hydrogen) atoms. The van der Waals surface area contributed by atoms with Crippen LogP contribution in [0.2, 0.25) is 5.02 Å². The number of benzene rings is 1. The van der Waals surface area contributed by atoms with Gasteiger partial charge in [-0.2, -0.15) is 10.2 Å². The van der Waals surface area contributed by atoms with E-state index in [0.717, 1.165) is 4.47 Å². The Labute approximate surface area is 124 Å². The van der Waals surface area contributed by atoms with Gasteiger partial charge < -0.3 is 5.32 Å². The number of carbonyl (C=O) groups excluding carboxylic acids is 1. The fraction of sp³-hybridized carbons (Fsp3) is 0.154. The number of amides is 1. The molecule has 0 saturated carbocycles. The SMILES string of the molecule is Cc1cc(C(=O)Nc2cc(Cl)ccc2Br)c(C)nn1. The van der Waals surface area contributed by atoms with Gasteiger partial charge in [-0.25, -0.2) is 0 Å². The Balaban J connectivity index is 2.30. The second-order valence-electron chi connectivity index (χ2n) is 4.06. The molecule has 1 amide bonds. The lowest BCUT2D eigenvalue weighted by atomic mass is 10.2. The van der Waals surface area contributed by atoms with E-state index in [9.17, 15) is 4.79 Å². The van der Waals surface area contributed by atoms with Crippen molar-refractivity contribution in [3.63, 3.8) is 0 Å². The smallest absolute Gasteiger partial charge is 0.257 e. The third-order valence-corrected chi connectivity index (χ3v) is 3.45. The Morgan fingerprint density at radius 3 is 2.74 bits per heavy atom. The Morgan fingerprint density at radius 2 is 2.00 bits per heavy atom. The molecular formula is C13H11BrClN3O. The van der Waals surface area contributed by atoms with Crippen molar-refractivity contribution < 1.29 is 4.79 Å². The molecule has 2 aromatic rings. The molecule has 0 aliphatic heterocycles. The van der Waals surface area contributed by atoms with Crippen molar-refractivity contribution in [2.24, 2.45) is 0 Å². The summed E-state index contributed by atoms with van der Waals surface area (Å²) >= 11 is 9.27. The highest BCUT2D eigenvalue weighted by Gasteiger charge is 2.13. The zero-order valence-corrected chi connectivity index (χ0v) is 12.7. The van der Waals surface area contributed by atoms with Gasteiger partial charge in [0, 0.05) is 9.50 Å². The predicted octanol–water partition coefficient (Wildman–Crippen LogP) is 3.76. The zero-order valence-electron chi connectivity index (χ0n) is 10.4. The number of anilines is 1. The number of hydrogen-bond acceptors (Lipinski definition) is 3. The fourth-order valence-electron chi connectivity index (χ4n) is 1.56. The number of aromatic nitrogens is 2. The Kier molecular flexibility index (Phi) is 4.17. The van der Waals surface area contributed by atoms with E-state index in [1.54, 1.807) is 38.1 Å². The number of halogens is 2. The van der Waals surface area contributed by atoms with Gasteiger partial charge in [0.2, 0.25) is 0 Å². The second-order valence-corrected chi connectivity index (χ2v) is 5.35. The van der Waals surface area contributed by atoms with Crippen molar-refractivity contribution in [2.75, 3.05) is 5.32 Å². The monoisotopic (exact) mass is 339 g/mol. The van der Waals surface area contributed by atoms with Crippen LogP contribution in [0.3, 0.4) is 0 Å². The summed E-state index contributed by atoms with van der Waals surface area (Å²) in [6.45, 7) is 3.53. The summed E-state index contributed by atoms with van der Waals surface area (Å²) in [5.41, 5.74) is 2.40. The molecule has 6 heteroatoms. The first kappa shape index (κ1) is 14.0. The van der Waals surface area contributed by atoms with Crippen LogP contribution in [0.25, 0.3) is 0 Å². The highest BCUT2D eigenvalue weighted by Crippen LogP contribution is 2.26. The zero-order chi connectivity index (χ0) is 14.0. The molecule has 1 aromatic carbocycles. The summed E-state index contributed by atoms with van der Waals surface area (Å²) in [6.07, 6.45) is 0. The second kappa shape index (κ2) is 5.67. The quantitative estimate of drug-likeness (QED) is 0.905. The lowest BCUT2D eigenvalue weighted by Gasteiger charge is -2.09. The normalized spacial score (nSPS) is 10.3. The van der Waals surface area contributed by atoms with Crippen LogP contribution >= 0.6 is 27.5 Å². The molecule has 0 radical (unpaired) electrons. The van der Waals surface area contributed by atoms with E-state index in [0.29, 0.717) is 27.7 Å². The third kappa shape index (κ3) is 3.30. The maximum Gasteiger partial charge on any atom is 0.257 e. The van der Waals surface area contributed by atoms with Crippen LogP contribution in [0.1, 0.15) is 21.7 Å². The van der Waals surface area contributed by atoms with Crippen molar-refractivity contribution >= 4 is 39.1 Å². The first-order valence-corrected chi connectivity index (χ1v) is 6.72. The lowest BCUT2D eigenvalue weighted by Crippen LogP contribution is -2.15. The average molecular weight is 341 g/mol. The topological polar surface area (TPSA) is 54.9 Å². The maximum absolute atomic E-state index is 12.2. The molecule has 2 rings (SSSR count). The van der Waals surface area contributed by atoms with E-state index in [4.69, 9.17) is 11.6 Å². The molecule has 1 heterocycles. The van der Waals surface area contributed by atoms with Gasteiger partial charge in [-0.05, 0) is 54.0 Å². The summed E-state index contributed by atoms with van der Waals surface area (Å²) < 4.78 is 0.765. The Hall–Kier alpha value is -1.46. The van der Waals surface area contributed by atoms with Gasteiger partial charge in [0.15, 0.2) is 0 Å². The van der Waals surface area contributed by atoms with Crippen LogP contribution in [-0.4, -0.2) is 16.1 Å². The van der Waals surface area contributed by atoms with E-state index in [1.807, 2.05) is 0 Å². The summed E-state index contributed by atoms with van der Waals surface area (Å²) in [7, 11) is 0. The van der Waals surface area contributed by atoms with Crippen LogP contribution in [0.5, 0.6) is 0 Å². The number of nitrogens with one attached hydrogen (secondary N) is 1. The number of hydrogen-bond donors (Lipinski definition) is 1. The highest BCUT2D eigenvalue weighted by molar-refractivity contribution is 9.10. The highest BCUT2D eigenvalue weighted by atomic mass is 79.9. The molecule has 0 unspecified atom stereocenters. The molecule has 0 bridgehead atoms. The predicted molar refractivity (Wildman–Crippen MR) is 78.6 cm³/mol. The number of nitrogens with zero attached hydrogens (tertiary/aromatic N) is 2. The lowest BCUT2D eigenvalue weighted by molar-refractivity contribution is 0.102. The molecule has 0 aliphatic rings. The van der Waals surface area contributed by atoms with Gasteiger partial charge in [0.05, 0.1) is 22.6 Å². The molecule has 98 valence electrons. The Morgan fingerprint density at radius 1 is 1.26 bits per heavy atom. The minimum atomic E-state index is -0.238. The average Bonchev–Trinajstić information content (AvgIpc) is 2.36. The number of carbonyl (C=O) groups is 1. The largest absolute Gasteiger partial charge is 0.321 e. The van der Waals surface area contributed by atoms with Crippen LogP contribution in [-0.2, 0) is 0 Å². The van der Waals surface area contributed by atoms with Crippen molar-refractivity contribution in [3.05, 3.63) is 50.7 Å². The van der Waals surface area contributed by atoms with Crippen molar-refractivity contribution in [2.45, 2.75) is 13.8 Å². The van der Waals surface area contributed by atoms with Crippen LogP contribution < -0.4 is 5.32 Å². The molecule has 0 aliphatic carbocycles. The molecule has 0 saturated heterocycles. The van der Waals surface area contributed by atoms with Gasteiger partial charge >= 0.3 is 0 Å². The Bertz CT molecular complexity index is 646. The van der Waals surface area contributed by atoms with Crippen LogP contribution in [0.4, 0.5) is 5.69 Å². The third-order valence-electron chi connectivity index (χ3n) is 2.52. The minimum absolute atomic E-state index is 0.238.